The summed E-state index contributed by atoms with van der Waals surface area (Å²) in [6.07, 6.45) is 1.06. The molecule has 0 saturated carbocycles. The average molecular weight is 360 g/mol. The maximum absolute atomic E-state index is 11.8. The van der Waals surface area contributed by atoms with Gasteiger partial charge in [-0.25, -0.2) is 0 Å². The van der Waals surface area contributed by atoms with Gasteiger partial charge in [0.25, 0.3) is 5.91 Å². The van der Waals surface area contributed by atoms with E-state index in [1.807, 2.05) is 24.3 Å². The molecule has 2 aliphatic rings. The van der Waals surface area contributed by atoms with Crippen LogP contribution in [0.2, 0.25) is 0 Å². The summed E-state index contributed by atoms with van der Waals surface area (Å²) in [5.41, 5.74) is 1.33. The standard InChI is InChI=1S/C20H28N2O4/c1-20(2,3)22-10-11-25-13-15(22)12-14-4-6-16(7-5-14)26-17-8-9-18(23)21-19(17)24/h4-7,15,17H,8-13H2,1-3H3,(H,21,23,24). The van der Waals surface area contributed by atoms with Crippen LogP contribution in [0.1, 0.15) is 39.2 Å². The maximum atomic E-state index is 11.8. The van der Waals surface area contributed by atoms with E-state index in [-0.39, 0.29) is 17.4 Å². The summed E-state index contributed by atoms with van der Waals surface area (Å²) >= 11 is 0. The van der Waals surface area contributed by atoms with Crippen molar-refractivity contribution in [3.8, 4) is 5.75 Å². The second-order valence-corrected chi connectivity index (χ2v) is 8.00. The van der Waals surface area contributed by atoms with Crippen molar-refractivity contribution in [2.24, 2.45) is 0 Å². The van der Waals surface area contributed by atoms with Gasteiger partial charge in [-0.3, -0.25) is 19.8 Å². The minimum atomic E-state index is -0.596. The summed E-state index contributed by atoms with van der Waals surface area (Å²) < 4.78 is 11.4. The molecule has 1 aromatic rings. The van der Waals surface area contributed by atoms with E-state index in [4.69, 9.17) is 9.47 Å². The lowest BCUT2D eigenvalue weighted by atomic mass is 9.97. The van der Waals surface area contributed by atoms with Crippen molar-refractivity contribution < 1.29 is 19.1 Å². The summed E-state index contributed by atoms with van der Waals surface area (Å²) in [7, 11) is 0. The Morgan fingerprint density at radius 1 is 1.23 bits per heavy atom. The molecule has 1 aromatic carbocycles. The quantitative estimate of drug-likeness (QED) is 0.831. The first-order chi connectivity index (χ1) is 12.3. The van der Waals surface area contributed by atoms with Crippen LogP contribution in [0.5, 0.6) is 5.75 Å². The number of carbonyl (C=O) groups is 2. The van der Waals surface area contributed by atoms with E-state index < -0.39 is 6.10 Å². The van der Waals surface area contributed by atoms with Crippen molar-refractivity contribution in [2.45, 2.75) is 57.7 Å². The summed E-state index contributed by atoms with van der Waals surface area (Å²) in [4.78, 5) is 25.5. The van der Waals surface area contributed by atoms with Gasteiger partial charge in [0, 0.05) is 31.0 Å². The second kappa shape index (κ2) is 7.76. The lowest BCUT2D eigenvalue weighted by molar-refractivity contribution is -0.138. The topological polar surface area (TPSA) is 67.9 Å². The Kier molecular flexibility index (Phi) is 5.63. The van der Waals surface area contributed by atoms with Crippen molar-refractivity contribution in [1.82, 2.24) is 10.2 Å². The van der Waals surface area contributed by atoms with Gasteiger partial charge < -0.3 is 9.47 Å². The van der Waals surface area contributed by atoms with Crippen LogP contribution in [0.25, 0.3) is 0 Å². The number of ether oxygens (including phenoxy) is 2. The first-order valence-electron chi connectivity index (χ1n) is 9.27. The molecule has 6 nitrogen and oxygen atoms in total. The van der Waals surface area contributed by atoms with Gasteiger partial charge in [-0.15, -0.1) is 0 Å². The number of carbonyl (C=O) groups excluding carboxylic acids is 2. The molecule has 0 radical (unpaired) electrons. The van der Waals surface area contributed by atoms with Crippen LogP contribution >= 0.6 is 0 Å². The van der Waals surface area contributed by atoms with Gasteiger partial charge in [0.05, 0.1) is 13.2 Å². The maximum Gasteiger partial charge on any atom is 0.267 e. The number of benzene rings is 1. The Morgan fingerprint density at radius 2 is 1.96 bits per heavy atom. The monoisotopic (exact) mass is 360 g/mol. The molecule has 3 rings (SSSR count). The summed E-state index contributed by atoms with van der Waals surface area (Å²) in [5.74, 6) is 0.0598. The van der Waals surface area contributed by atoms with Crippen molar-refractivity contribution in [3.63, 3.8) is 0 Å². The number of nitrogens with one attached hydrogen (secondary N) is 1. The number of rotatable bonds is 4. The molecule has 0 aliphatic carbocycles. The Hall–Kier alpha value is -1.92. The van der Waals surface area contributed by atoms with E-state index in [0.29, 0.717) is 24.6 Å². The minimum absolute atomic E-state index is 0.114. The molecule has 2 saturated heterocycles. The molecular weight excluding hydrogens is 332 g/mol. The molecule has 2 amide bonds. The van der Waals surface area contributed by atoms with Crippen LogP contribution < -0.4 is 10.1 Å². The van der Waals surface area contributed by atoms with Gasteiger partial charge in [-0.2, -0.15) is 0 Å². The van der Waals surface area contributed by atoms with Gasteiger partial charge in [0.1, 0.15) is 5.75 Å². The second-order valence-electron chi connectivity index (χ2n) is 8.00. The summed E-state index contributed by atoms with van der Waals surface area (Å²) in [5, 5.41) is 2.31. The zero-order chi connectivity index (χ0) is 18.7. The lowest BCUT2D eigenvalue weighted by Gasteiger charge is -2.44. The molecule has 2 unspecified atom stereocenters. The van der Waals surface area contributed by atoms with Gasteiger partial charge >= 0.3 is 0 Å². The third-order valence-electron chi connectivity index (χ3n) is 4.95. The lowest BCUT2D eigenvalue weighted by Crippen LogP contribution is -2.55. The van der Waals surface area contributed by atoms with Crippen LogP contribution in [0.15, 0.2) is 24.3 Å². The molecule has 142 valence electrons. The Labute approximate surface area is 154 Å². The van der Waals surface area contributed by atoms with Crippen molar-refractivity contribution in [1.29, 1.82) is 0 Å². The molecule has 2 fully saturated rings. The Balaban J connectivity index is 1.60. The average Bonchev–Trinajstić information content (AvgIpc) is 2.58. The number of amides is 2. The molecule has 2 atom stereocenters. The minimum Gasteiger partial charge on any atom is -0.481 e. The fraction of sp³-hybridized carbons (Fsp3) is 0.600. The molecule has 1 N–H and O–H groups in total. The highest BCUT2D eigenvalue weighted by molar-refractivity contribution is 5.99. The van der Waals surface area contributed by atoms with Gasteiger partial charge in [-0.1, -0.05) is 12.1 Å². The van der Waals surface area contributed by atoms with E-state index in [0.717, 1.165) is 26.2 Å². The molecule has 26 heavy (non-hydrogen) atoms. The number of morpholine rings is 1. The highest BCUT2D eigenvalue weighted by Crippen LogP contribution is 2.24. The molecule has 2 heterocycles. The van der Waals surface area contributed by atoms with Crippen LogP contribution in [-0.2, 0) is 20.7 Å². The number of nitrogens with zero attached hydrogens (tertiary/aromatic N) is 1. The molecule has 0 aromatic heterocycles. The van der Waals surface area contributed by atoms with Crippen LogP contribution in [0.3, 0.4) is 0 Å². The Bertz CT molecular complexity index is 651. The molecule has 0 bridgehead atoms. The van der Waals surface area contributed by atoms with E-state index in [1.54, 1.807) is 0 Å². The zero-order valence-corrected chi connectivity index (χ0v) is 15.8. The van der Waals surface area contributed by atoms with Crippen molar-refractivity contribution in [2.75, 3.05) is 19.8 Å². The van der Waals surface area contributed by atoms with Crippen LogP contribution in [0.4, 0.5) is 0 Å². The first-order valence-corrected chi connectivity index (χ1v) is 9.27. The molecular formula is C20H28N2O4. The third-order valence-corrected chi connectivity index (χ3v) is 4.95. The predicted octanol–water partition coefficient (Wildman–Crippen LogP) is 1.91. The SMILES string of the molecule is CC(C)(C)N1CCOCC1Cc1ccc(OC2CCC(=O)NC2=O)cc1. The van der Waals surface area contributed by atoms with Crippen molar-refractivity contribution >= 4 is 11.8 Å². The number of piperidine rings is 1. The largest absolute Gasteiger partial charge is 0.481 e. The van der Waals surface area contributed by atoms with E-state index >= 15 is 0 Å². The first kappa shape index (κ1) is 18.9. The third kappa shape index (κ3) is 4.62. The zero-order valence-electron chi connectivity index (χ0n) is 15.8. The van der Waals surface area contributed by atoms with E-state index in [2.05, 4.69) is 31.0 Å². The van der Waals surface area contributed by atoms with E-state index in [9.17, 15) is 9.59 Å². The van der Waals surface area contributed by atoms with Gasteiger partial charge in [-0.05, 0) is 44.9 Å². The number of hydrogen-bond acceptors (Lipinski definition) is 5. The number of imide groups is 1. The van der Waals surface area contributed by atoms with Gasteiger partial charge in [0.15, 0.2) is 6.10 Å². The number of hydrogen-bond donors (Lipinski definition) is 1. The Morgan fingerprint density at radius 3 is 2.62 bits per heavy atom. The smallest absolute Gasteiger partial charge is 0.267 e. The van der Waals surface area contributed by atoms with E-state index in [1.165, 1.54) is 5.56 Å². The molecule has 0 spiro atoms. The molecule has 6 heteroatoms. The van der Waals surface area contributed by atoms with Crippen LogP contribution in [-0.4, -0.2) is 54.2 Å². The summed E-state index contributed by atoms with van der Waals surface area (Å²) in [6.45, 7) is 9.19. The van der Waals surface area contributed by atoms with Gasteiger partial charge in [0.2, 0.25) is 5.91 Å². The normalized spacial score (nSPS) is 25.0. The highest BCUT2D eigenvalue weighted by Gasteiger charge is 2.32. The highest BCUT2D eigenvalue weighted by atomic mass is 16.5. The fourth-order valence-corrected chi connectivity index (χ4v) is 3.63. The predicted molar refractivity (Wildman–Crippen MR) is 98.0 cm³/mol. The fourth-order valence-electron chi connectivity index (χ4n) is 3.63. The van der Waals surface area contributed by atoms with Crippen LogP contribution in [0, 0.1) is 0 Å². The molecule has 2 aliphatic heterocycles. The summed E-state index contributed by atoms with van der Waals surface area (Å²) in [6, 6.07) is 8.22. The van der Waals surface area contributed by atoms with Crippen molar-refractivity contribution in [3.05, 3.63) is 29.8 Å².